The van der Waals surface area contributed by atoms with Gasteiger partial charge in [-0.1, -0.05) is 42.0 Å². The molecule has 0 aliphatic carbocycles. The van der Waals surface area contributed by atoms with E-state index < -0.39 is 0 Å². The van der Waals surface area contributed by atoms with E-state index >= 15 is 0 Å². The number of aryl methyl sites for hydroxylation is 1. The quantitative estimate of drug-likeness (QED) is 0.804. The number of hydrogen-bond donors (Lipinski definition) is 0. The Morgan fingerprint density at radius 1 is 1.09 bits per heavy atom. The summed E-state index contributed by atoms with van der Waals surface area (Å²) < 4.78 is 0. The molecule has 1 atom stereocenters. The van der Waals surface area contributed by atoms with Crippen LogP contribution in [0.4, 0.5) is 0 Å². The SMILES string of the molecule is C=CC(c1ccc(C)cc1)(c1ccccn1)N1CCCC1.Cl.O. The van der Waals surface area contributed by atoms with Crippen LogP contribution in [-0.4, -0.2) is 28.4 Å². The fourth-order valence-corrected chi connectivity index (χ4v) is 3.31. The molecule has 2 N–H and O–H groups in total. The maximum absolute atomic E-state index is 4.65. The predicted molar refractivity (Wildman–Crippen MR) is 98.1 cm³/mol. The molecule has 1 aromatic carbocycles. The van der Waals surface area contributed by atoms with Crippen LogP contribution in [-0.2, 0) is 5.54 Å². The molecule has 0 amide bonds. The van der Waals surface area contributed by atoms with Crippen LogP contribution in [0.5, 0.6) is 0 Å². The molecule has 1 fully saturated rings. The summed E-state index contributed by atoms with van der Waals surface area (Å²) in [7, 11) is 0. The summed E-state index contributed by atoms with van der Waals surface area (Å²) in [6.45, 7) is 8.48. The highest BCUT2D eigenvalue weighted by molar-refractivity contribution is 5.85. The molecule has 0 spiro atoms. The monoisotopic (exact) mass is 332 g/mol. The summed E-state index contributed by atoms with van der Waals surface area (Å²) in [6, 6.07) is 14.9. The average molecular weight is 333 g/mol. The van der Waals surface area contributed by atoms with E-state index in [0.717, 1.165) is 18.8 Å². The Morgan fingerprint density at radius 2 is 1.74 bits per heavy atom. The summed E-state index contributed by atoms with van der Waals surface area (Å²) in [5.74, 6) is 0. The van der Waals surface area contributed by atoms with Gasteiger partial charge >= 0.3 is 0 Å². The van der Waals surface area contributed by atoms with Gasteiger partial charge in [0.2, 0.25) is 0 Å². The Labute approximate surface area is 144 Å². The number of aromatic nitrogens is 1. The maximum Gasteiger partial charge on any atom is 0.107 e. The zero-order valence-corrected chi connectivity index (χ0v) is 14.4. The molecule has 1 aliphatic rings. The lowest BCUT2D eigenvalue weighted by Crippen LogP contribution is -2.44. The van der Waals surface area contributed by atoms with E-state index in [0.29, 0.717) is 0 Å². The lowest BCUT2D eigenvalue weighted by Gasteiger charge is -2.39. The minimum absolute atomic E-state index is 0. The van der Waals surface area contributed by atoms with Crippen molar-refractivity contribution in [2.45, 2.75) is 25.3 Å². The van der Waals surface area contributed by atoms with Crippen molar-refractivity contribution in [2.24, 2.45) is 0 Å². The molecule has 124 valence electrons. The first-order valence-corrected chi connectivity index (χ1v) is 7.64. The van der Waals surface area contributed by atoms with Crippen LogP contribution in [0.25, 0.3) is 0 Å². The van der Waals surface area contributed by atoms with Crippen LogP contribution in [0.2, 0.25) is 0 Å². The van der Waals surface area contributed by atoms with Gasteiger partial charge in [-0.25, -0.2) is 0 Å². The minimum atomic E-state index is -0.314. The van der Waals surface area contributed by atoms with Gasteiger partial charge in [-0.15, -0.1) is 19.0 Å². The molecule has 1 saturated heterocycles. The molecule has 3 rings (SSSR count). The predicted octanol–water partition coefficient (Wildman–Crippen LogP) is 3.51. The lowest BCUT2D eigenvalue weighted by molar-refractivity contribution is 0.203. The number of hydrogen-bond acceptors (Lipinski definition) is 2. The van der Waals surface area contributed by atoms with Gasteiger partial charge in [0.05, 0.1) is 5.69 Å². The highest BCUT2D eigenvalue weighted by Crippen LogP contribution is 2.38. The van der Waals surface area contributed by atoms with Gasteiger partial charge in [0, 0.05) is 6.20 Å². The average Bonchev–Trinajstić information content (AvgIpc) is 3.06. The minimum Gasteiger partial charge on any atom is -0.412 e. The van der Waals surface area contributed by atoms with Crippen molar-refractivity contribution in [1.82, 2.24) is 9.88 Å². The fourth-order valence-electron chi connectivity index (χ4n) is 3.31. The van der Waals surface area contributed by atoms with Gasteiger partial charge < -0.3 is 5.48 Å². The van der Waals surface area contributed by atoms with Gasteiger partial charge in [-0.3, -0.25) is 9.88 Å². The molecule has 2 aromatic rings. The number of pyridine rings is 1. The maximum atomic E-state index is 4.65. The molecule has 0 bridgehead atoms. The Balaban J connectivity index is 0.00000132. The molecule has 1 aliphatic heterocycles. The fraction of sp³-hybridized carbons (Fsp3) is 0.316. The molecular formula is C19H25ClN2O. The van der Waals surface area contributed by atoms with Crippen molar-refractivity contribution in [3.63, 3.8) is 0 Å². The molecule has 1 unspecified atom stereocenters. The van der Waals surface area contributed by atoms with Crippen molar-refractivity contribution >= 4 is 12.4 Å². The van der Waals surface area contributed by atoms with E-state index in [1.807, 2.05) is 12.3 Å². The van der Waals surface area contributed by atoms with Gasteiger partial charge in [0.25, 0.3) is 0 Å². The van der Waals surface area contributed by atoms with Crippen molar-refractivity contribution in [2.75, 3.05) is 13.1 Å². The van der Waals surface area contributed by atoms with E-state index in [2.05, 4.69) is 65.9 Å². The Bertz CT molecular complexity index is 609. The van der Waals surface area contributed by atoms with E-state index in [9.17, 15) is 0 Å². The van der Waals surface area contributed by atoms with Gasteiger partial charge in [-0.2, -0.15) is 0 Å². The van der Waals surface area contributed by atoms with Crippen LogP contribution in [0.3, 0.4) is 0 Å². The topological polar surface area (TPSA) is 47.6 Å². The summed E-state index contributed by atoms with van der Waals surface area (Å²) in [4.78, 5) is 7.16. The van der Waals surface area contributed by atoms with Crippen LogP contribution in [0, 0.1) is 6.92 Å². The molecule has 1 aromatic heterocycles. The van der Waals surface area contributed by atoms with Crippen molar-refractivity contribution in [3.05, 3.63) is 78.1 Å². The van der Waals surface area contributed by atoms with Crippen LogP contribution >= 0.6 is 12.4 Å². The van der Waals surface area contributed by atoms with E-state index in [4.69, 9.17) is 0 Å². The standard InChI is InChI=1S/C19H22N2.ClH.H2O/c1-3-19(21-14-6-7-15-21,18-8-4-5-13-20-18)17-11-9-16(2)10-12-17;;/h3-5,8-13H,1,6-7,14-15H2,2H3;1H;1H2. The zero-order valence-electron chi connectivity index (χ0n) is 13.5. The van der Waals surface area contributed by atoms with Crippen LogP contribution < -0.4 is 0 Å². The third-order valence-corrected chi connectivity index (χ3v) is 4.45. The molecule has 4 heteroatoms. The Hall–Kier alpha value is -1.68. The Morgan fingerprint density at radius 3 is 2.26 bits per heavy atom. The zero-order chi connectivity index (χ0) is 14.7. The largest absolute Gasteiger partial charge is 0.412 e. The van der Waals surface area contributed by atoms with E-state index in [-0.39, 0.29) is 23.4 Å². The lowest BCUT2D eigenvalue weighted by atomic mass is 9.84. The van der Waals surface area contributed by atoms with Crippen molar-refractivity contribution in [3.8, 4) is 0 Å². The molecule has 0 saturated carbocycles. The van der Waals surface area contributed by atoms with Crippen molar-refractivity contribution < 1.29 is 5.48 Å². The summed E-state index contributed by atoms with van der Waals surface area (Å²) in [5.41, 5.74) is 3.28. The number of likely N-dealkylation sites (tertiary alicyclic amines) is 1. The van der Waals surface area contributed by atoms with Crippen LogP contribution in [0.1, 0.15) is 29.7 Å². The highest BCUT2D eigenvalue weighted by Gasteiger charge is 2.39. The molecule has 23 heavy (non-hydrogen) atoms. The third-order valence-electron chi connectivity index (χ3n) is 4.45. The summed E-state index contributed by atoms with van der Waals surface area (Å²) in [6.07, 6.45) is 6.42. The van der Waals surface area contributed by atoms with Gasteiger partial charge in [-0.05, 0) is 50.6 Å². The number of benzene rings is 1. The smallest absolute Gasteiger partial charge is 0.107 e. The van der Waals surface area contributed by atoms with Crippen molar-refractivity contribution in [1.29, 1.82) is 0 Å². The van der Waals surface area contributed by atoms with E-state index in [1.165, 1.54) is 24.0 Å². The molecule has 0 radical (unpaired) electrons. The molecule has 3 nitrogen and oxygen atoms in total. The molecular weight excluding hydrogens is 308 g/mol. The number of halogens is 1. The first kappa shape index (κ1) is 19.4. The summed E-state index contributed by atoms with van der Waals surface area (Å²) in [5, 5.41) is 0. The summed E-state index contributed by atoms with van der Waals surface area (Å²) >= 11 is 0. The second-order valence-electron chi connectivity index (χ2n) is 5.75. The normalized spacial score (nSPS) is 16.7. The first-order chi connectivity index (χ1) is 10.3. The third kappa shape index (κ3) is 3.47. The number of rotatable bonds is 4. The first-order valence-electron chi connectivity index (χ1n) is 7.64. The molecule has 2 heterocycles. The van der Waals surface area contributed by atoms with Gasteiger partial charge in [0.1, 0.15) is 5.54 Å². The highest BCUT2D eigenvalue weighted by atomic mass is 35.5. The number of nitrogens with zero attached hydrogens (tertiary/aromatic N) is 2. The van der Waals surface area contributed by atoms with Gasteiger partial charge in [0.15, 0.2) is 0 Å². The van der Waals surface area contributed by atoms with E-state index in [1.54, 1.807) is 0 Å². The second kappa shape index (κ2) is 8.25. The van der Waals surface area contributed by atoms with Crippen LogP contribution in [0.15, 0.2) is 61.3 Å². The Kier molecular flexibility index (Phi) is 6.95. The second-order valence-corrected chi connectivity index (χ2v) is 5.75.